The van der Waals surface area contributed by atoms with Gasteiger partial charge in [0.05, 0.1) is 19.0 Å². The van der Waals surface area contributed by atoms with Crippen LogP contribution in [0.5, 0.6) is 0 Å². The molecule has 1 aromatic rings. The van der Waals surface area contributed by atoms with Crippen LogP contribution in [-0.2, 0) is 15.7 Å². The number of carbonyl (C=O) groups excluding carboxylic acids is 1. The molecule has 1 aromatic heterocycles. The Kier molecular flexibility index (Phi) is 4.88. The third kappa shape index (κ3) is 4.46. The van der Waals surface area contributed by atoms with Gasteiger partial charge >= 0.3 is 6.18 Å². The molecule has 10 heteroatoms. The number of alkyl halides is 3. The van der Waals surface area contributed by atoms with Crippen molar-refractivity contribution in [2.75, 3.05) is 32.1 Å². The molecule has 1 saturated heterocycles. The molecule has 0 atom stereocenters. The van der Waals surface area contributed by atoms with E-state index >= 15 is 0 Å². The number of aromatic amines is 1. The first-order chi connectivity index (χ1) is 9.86. The maximum atomic E-state index is 12.5. The zero-order valence-corrected chi connectivity index (χ0v) is 11.6. The molecule has 0 aliphatic carbocycles. The van der Waals surface area contributed by atoms with Gasteiger partial charge in [0.15, 0.2) is 10.9 Å². The summed E-state index contributed by atoms with van der Waals surface area (Å²) in [7, 11) is 0. The highest BCUT2D eigenvalue weighted by Gasteiger charge is 2.33. The first-order valence-electron chi connectivity index (χ1n) is 6.03. The number of nitrogens with one attached hydrogen (secondary N) is 1. The SMILES string of the molecule is O=C(CSc1nc(C(F)(F)F)cc(=O)[nH]1)N1CCOCC1. The lowest BCUT2D eigenvalue weighted by molar-refractivity contribution is -0.141. The van der Waals surface area contributed by atoms with Crippen molar-refractivity contribution in [2.45, 2.75) is 11.3 Å². The van der Waals surface area contributed by atoms with Crippen LogP contribution in [0.2, 0.25) is 0 Å². The number of carbonyl (C=O) groups is 1. The summed E-state index contributed by atoms with van der Waals surface area (Å²) in [6.45, 7) is 1.78. The summed E-state index contributed by atoms with van der Waals surface area (Å²) in [5.41, 5.74) is -2.17. The van der Waals surface area contributed by atoms with Crippen molar-refractivity contribution in [3.63, 3.8) is 0 Å². The third-order valence-electron chi connectivity index (χ3n) is 2.71. The zero-order chi connectivity index (χ0) is 15.5. The Hall–Kier alpha value is -1.55. The van der Waals surface area contributed by atoms with Gasteiger partial charge in [-0.05, 0) is 0 Å². The van der Waals surface area contributed by atoms with Crippen LogP contribution in [0.15, 0.2) is 16.0 Å². The first-order valence-corrected chi connectivity index (χ1v) is 7.02. The summed E-state index contributed by atoms with van der Waals surface area (Å²) in [4.78, 5) is 30.1. The summed E-state index contributed by atoms with van der Waals surface area (Å²) in [5.74, 6) is -0.326. The molecule has 0 saturated carbocycles. The quantitative estimate of drug-likeness (QED) is 0.656. The van der Waals surface area contributed by atoms with Gasteiger partial charge in [-0.15, -0.1) is 0 Å². The van der Waals surface area contributed by atoms with Crippen LogP contribution in [0.25, 0.3) is 0 Å². The monoisotopic (exact) mass is 323 g/mol. The number of hydrogen-bond acceptors (Lipinski definition) is 5. The van der Waals surface area contributed by atoms with Gasteiger partial charge < -0.3 is 14.6 Å². The van der Waals surface area contributed by atoms with Crippen LogP contribution < -0.4 is 5.56 Å². The summed E-state index contributed by atoms with van der Waals surface area (Å²) in [6.07, 6.45) is -4.70. The number of rotatable bonds is 3. The molecule has 1 N–H and O–H groups in total. The Morgan fingerprint density at radius 1 is 1.43 bits per heavy atom. The predicted octanol–water partition coefficient (Wildman–Crippen LogP) is 0.740. The van der Waals surface area contributed by atoms with Crippen molar-refractivity contribution in [3.05, 3.63) is 22.1 Å². The highest BCUT2D eigenvalue weighted by atomic mass is 32.2. The van der Waals surface area contributed by atoms with Crippen LogP contribution in [0.3, 0.4) is 0 Å². The summed E-state index contributed by atoms with van der Waals surface area (Å²) < 4.78 is 42.7. The van der Waals surface area contributed by atoms with Crippen LogP contribution in [0.1, 0.15) is 5.69 Å². The lowest BCUT2D eigenvalue weighted by Gasteiger charge is -2.26. The smallest absolute Gasteiger partial charge is 0.378 e. The number of halogens is 3. The number of morpholine rings is 1. The molecule has 2 heterocycles. The molecule has 21 heavy (non-hydrogen) atoms. The van der Waals surface area contributed by atoms with Crippen LogP contribution in [0, 0.1) is 0 Å². The maximum absolute atomic E-state index is 12.5. The summed E-state index contributed by atoms with van der Waals surface area (Å²) >= 11 is 0.768. The van der Waals surface area contributed by atoms with Gasteiger partial charge in [0.25, 0.3) is 5.56 Å². The molecule has 1 fully saturated rings. The minimum absolute atomic E-state index is 0.0930. The van der Waals surface area contributed by atoms with Crippen molar-refractivity contribution in [2.24, 2.45) is 0 Å². The second kappa shape index (κ2) is 6.48. The van der Waals surface area contributed by atoms with E-state index in [-0.39, 0.29) is 16.8 Å². The molecule has 2 rings (SSSR count). The minimum atomic E-state index is -4.70. The van der Waals surface area contributed by atoms with Crippen molar-refractivity contribution in [3.8, 4) is 0 Å². The largest absolute Gasteiger partial charge is 0.433 e. The molecule has 0 spiro atoms. The van der Waals surface area contributed by atoms with E-state index in [0.717, 1.165) is 11.8 Å². The Balaban J connectivity index is 2.01. The standard InChI is InChI=1S/C11H12F3N3O3S/c12-11(13,14)7-5-8(18)16-10(15-7)21-6-9(19)17-1-3-20-4-2-17/h5H,1-4,6H2,(H,15,16,18). The Bertz CT molecular complexity index is 570. The van der Waals surface area contributed by atoms with Gasteiger partial charge in [0, 0.05) is 19.2 Å². The lowest BCUT2D eigenvalue weighted by atomic mass is 10.4. The number of nitrogens with zero attached hydrogens (tertiary/aromatic N) is 2. The highest BCUT2D eigenvalue weighted by molar-refractivity contribution is 7.99. The van der Waals surface area contributed by atoms with Crippen molar-refractivity contribution in [1.82, 2.24) is 14.9 Å². The molecule has 1 aliphatic heterocycles. The van der Waals surface area contributed by atoms with E-state index in [2.05, 4.69) is 9.97 Å². The average molecular weight is 323 g/mol. The van der Waals surface area contributed by atoms with Gasteiger partial charge in [-0.25, -0.2) is 4.98 Å². The molecule has 0 unspecified atom stereocenters. The Labute approximate surface area is 121 Å². The molecule has 0 radical (unpaired) electrons. The van der Waals surface area contributed by atoms with E-state index in [9.17, 15) is 22.8 Å². The van der Waals surface area contributed by atoms with Crippen molar-refractivity contribution < 1.29 is 22.7 Å². The van der Waals surface area contributed by atoms with E-state index in [1.165, 1.54) is 0 Å². The molecule has 1 amide bonds. The van der Waals surface area contributed by atoms with E-state index < -0.39 is 17.4 Å². The van der Waals surface area contributed by atoms with E-state index in [1.54, 1.807) is 4.90 Å². The van der Waals surface area contributed by atoms with Gasteiger partial charge in [-0.2, -0.15) is 13.2 Å². The third-order valence-corrected chi connectivity index (χ3v) is 3.56. The number of hydrogen-bond donors (Lipinski definition) is 1. The van der Waals surface area contributed by atoms with Crippen LogP contribution in [-0.4, -0.2) is 52.8 Å². The number of ether oxygens (including phenoxy) is 1. The molecular formula is C11H12F3N3O3S. The second-order valence-corrected chi connectivity index (χ2v) is 5.18. The Morgan fingerprint density at radius 2 is 2.10 bits per heavy atom. The molecular weight excluding hydrogens is 311 g/mol. The number of aromatic nitrogens is 2. The minimum Gasteiger partial charge on any atom is -0.378 e. The number of amides is 1. The fourth-order valence-electron chi connectivity index (χ4n) is 1.68. The topological polar surface area (TPSA) is 75.3 Å². The van der Waals surface area contributed by atoms with E-state index in [4.69, 9.17) is 4.74 Å². The fraction of sp³-hybridized carbons (Fsp3) is 0.545. The summed E-state index contributed by atoms with van der Waals surface area (Å²) in [5, 5.41) is -0.226. The van der Waals surface area contributed by atoms with Gasteiger partial charge in [-0.3, -0.25) is 9.59 Å². The molecule has 0 bridgehead atoms. The fourth-order valence-corrected chi connectivity index (χ4v) is 2.46. The van der Waals surface area contributed by atoms with Gasteiger partial charge in [0.2, 0.25) is 5.91 Å². The second-order valence-electron chi connectivity index (χ2n) is 4.22. The van der Waals surface area contributed by atoms with E-state index in [0.29, 0.717) is 32.4 Å². The lowest BCUT2D eigenvalue weighted by Crippen LogP contribution is -2.41. The normalized spacial score (nSPS) is 16.0. The molecule has 116 valence electrons. The Morgan fingerprint density at radius 3 is 2.71 bits per heavy atom. The summed E-state index contributed by atoms with van der Waals surface area (Å²) in [6, 6.07) is 0.383. The first kappa shape index (κ1) is 15.8. The molecule has 1 aliphatic rings. The number of H-pyrrole nitrogens is 1. The maximum Gasteiger partial charge on any atom is 0.433 e. The van der Waals surface area contributed by atoms with E-state index in [1.807, 2.05) is 0 Å². The van der Waals surface area contributed by atoms with Gasteiger partial charge in [-0.1, -0.05) is 11.8 Å². The molecule has 0 aromatic carbocycles. The van der Waals surface area contributed by atoms with Crippen molar-refractivity contribution in [1.29, 1.82) is 0 Å². The van der Waals surface area contributed by atoms with Crippen LogP contribution in [0.4, 0.5) is 13.2 Å². The molecule has 6 nitrogen and oxygen atoms in total. The number of thioether (sulfide) groups is 1. The predicted molar refractivity (Wildman–Crippen MR) is 68.0 cm³/mol. The highest BCUT2D eigenvalue weighted by Crippen LogP contribution is 2.27. The van der Waals surface area contributed by atoms with Crippen molar-refractivity contribution >= 4 is 17.7 Å². The van der Waals surface area contributed by atoms with Gasteiger partial charge in [0.1, 0.15) is 0 Å². The zero-order valence-electron chi connectivity index (χ0n) is 10.8. The van der Waals surface area contributed by atoms with Crippen LogP contribution >= 0.6 is 11.8 Å². The average Bonchev–Trinajstić information content (AvgIpc) is 2.44.